The summed E-state index contributed by atoms with van der Waals surface area (Å²) in [5, 5.41) is 4.54. The maximum atomic E-state index is 12.5. The lowest BCUT2D eigenvalue weighted by molar-refractivity contribution is -0.115. The first-order valence-electron chi connectivity index (χ1n) is 8.39. The molecule has 26 heavy (non-hydrogen) atoms. The van der Waals surface area contributed by atoms with Crippen LogP contribution in [0.5, 0.6) is 0 Å². The molecule has 0 aliphatic rings. The zero-order valence-corrected chi connectivity index (χ0v) is 15.8. The number of para-hydroxylation sites is 1. The molecule has 1 aromatic heterocycles. The molecule has 0 radical (unpaired) electrons. The number of amides is 1. The molecule has 5 heteroatoms. The predicted octanol–water partition coefficient (Wildman–Crippen LogP) is 4.87. The van der Waals surface area contributed by atoms with Gasteiger partial charge in [-0.3, -0.25) is 9.59 Å². The van der Waals surface area contributed by atoms with E-state index in [-0.39, 0.29) is 16.9 Å². The number of carbonyl (C=O) groups is 2. The van der Waals surface area contributed by atoms with Crippen molar-refractivity contribution in [2.45, 2.75) is 31.0 Å². The van der Waals surface area contributed by atoms with Crippen LogP contribution in [0.4, 0.5) is 5.69 Å². The fourth-order valence-corrected chi connectivity index (χ4v) is 3.57. The summed E-state index contributed by atoms with van der Waals surface area (Å²) < 4.78 is 0. The average Bonchev–Trinajstić information content (AvgIpc) is 2.62. The Bertz CT molecular complexity index is 967. The van der Waals surface area contributed by atoms with Crippen molar-refractivity contribution in [1.82, 2.24) is 4.98 Å². The Labute approximate surface area is 157 Å². The Morgan fingerprint density at radius 1 is 1.08 bits per heavy atom. The second-order valence-corrected chi connectivity index (χ2v) is 7.54. The molecule has 2 aromatic carbocycles. The molecule has 0 saturated carbocycles. The van der Waals surface area contributed by atoms with Crippen molar-refractivity contribution in [1.29, 1.82) is 0 Å². The maximum absolute atomic E-state index is 12.5. The summed E-state index contributed by atoms with van der Waals surface area (Å²) in [7, 11) is 0. The van der Waals surface area contributed by atoms with Gasteiger partial charge in [0.05, 0.1) is 15.8 Å². The number of nitrogens with one attached hydrogen (secondary N) is 1. The van der Waals surface area contributed by atoms with Gasteiger partial charge in [-0.05, 0) is 62.7 Å². The van der Waals surface area contributed by atoms with Crippen LogP contribution in [0.3, 0.4) is 0 Å². The number of aromatic nitrogens is 1. The van der Waals surface area contributed by atoms with E-state index >= 15 is 0 Å². The van der Waals surface area contributed by atoms with Crippen molar-refractivity contribution in [3.63, 3.8) is 0 Å². The number of nitrogens with zero attached hydrogens (tertiary/aromatic N) is 1. The van der Waals surface area contributed by atoms with Gasteiger partial charge >= 0.3 is 0 Å². The van der Waals surface area contributed by atoms with E-state index in [2.05, 4.69) is 17.2 Å². The minimum atomic E-state index is -0.296. The molecule has 3 aromatic rings. The van der Waals surface area contributed by atoms with Crippen LogP contribution < -0.4 is 5.32 Å². The van der Waals surface area contributed by atoms with E-state index in [9.17, 15) is 9.59 Å². The number of hydrogen-bond donors (Lipinski definition) is 1. The Balaban J connectivity index is 1.70. The van der Waals surface area contributed by atoms with E-state index in [1.54, 1.807) is 24.3 Å². The molecule has 0 fully saturated rings. The molecule has 1 N–H and O–H groups in total. The van der Waals surface area contributed by atoms with Gasteiger partial charge in [-0.1, -0.05) is 30.0 Å². The number of anilines is 1. The molecule has 0 saturated heterocycles. The molecule has 132 valence electrons. The van der Waals surface area contributed by atoms with Crippen LogP contribution in [0.1, 0.15) is 29.8 Å². The van der Waals surface area contributed by atoms with Gasteiger partial charge in [-0.2, -0.15) is 0 Å². The van der Waals surface area contributed by atoms with Crippen molar-refractivity contribution < 1.29 is 9.59 Å². The smallest absolute Gasteiger partial charge is 0.237 e. The fourth-order valence-electron chi connectivity index (χ4n) is 2.65. The number of thioether (sulfide) groups is 1. The summed E-state index contributed by atoms with van der Waals surface area (Å²) in [6, 6.07) is 16.9. The Morgan fingerprint density at radius 2 is 1.77 bits per heavy atom. The van der Waals surface area contributed by atoms with Crippen LogP contribution in [0.25, 0.3) is 10.9 Å². The van der Waals surface area contributed by atoms with Gasteiger partial charge in [0.1, 0.15) is 0 Å². The number of fused-ring (bicyclic) bond motifs is 1. The Morgan fingerprint density at radius 3 is 2.46 bits per heavy atom. The monoisotopic (exact) mass is 364 g/mol. The van der Waals surface area contributed by atoms with Crippen molar-refractivity contribution in [2.75, 3.05) is 5.32 Å². The second kappa shape index (κ2) is 7.70. The normalized spacial score (nSPS) is 12.0. The van der Waals surface area contributed by atoms with Gasteiger partial charge in [0, 0.05) is 16.6 Å². The van der Waals surface area contributed by atoms with E-state index in [4.69, 9.17) is 0 Å². The largest absolute Gasteiger partial charge is 0.325 e. The van der Waals surface area contributed by atoms with Gasteiger partial charge < -0.3 is 5.32 Å². The van der Waals surface area contributed by atoms with Crippen molar-refractivity contribution >= 4 is 40.0 Å². The van der Waals surface area contributed by atoms with Crippen molar-refractivity contribution in [3.05, 3.63) is 65.7 Å². The van der Waals surface area contributed by atoms with Crippen molar-refractivity contribution in [3.8, 4) is 0 Å². The molecule has 1 amide bonds. The fraction of sp³-hybridized carbons (Fsp3) is 0.190. The number of benzene rings is 2. The minimum absolute atomic E-state index is 0.00421. The Kier molecular flexibility index (Phi) is 5.38. The number of Topliss-reactive ketones (excluding diaryl/α,β-unsaturated/α-hetero) is 1. The van der Waals surface area contributed by atoms with Crippen LogP contribution in [0.2, 0.25) is 0 Å². The molecule has 3 rings (SSSR count). The molecule has 0 bridgehead atoms. The molecular formula is C21H20N2O2S. The molecule has 4 nitrogen and oxygen atoms in total. The third-order valence-corrected chi connectivity index (χ3v) is 5.14. The van der Waals surface area contributed by atoms with Crippen molar-refractivity contribution in [2.24, 2.45) is 0 Å². The number of hydrogen-bond acceptors (Lipinski definition) is 4. The number of pyridine rings is 1. The average molecular weight is 364 g/mol. The summed E-state index contributed by atoms with van der Waals surface area (Å²) in [5.41, 5.74) is 3.38. The number of rotatable bonds is 5. The standard InChI is InChI=1S/C21H20N2O2S/c1-13-12-20(23-19-7-5-4-6-18(13)19)26-15(3)21(25)22-17-10-8-16(9-11-17)14(2)24/h4-12,15H,1-3H3,(H,22,25)/t15-/m1/s1. The third-order valence-electron chi connectivity index (χ3n) is 4.13. The molecule has 0 aliphatic carbocycles. The lowest BCUT2D eigenvalue weighted by Gasteiger charge is -2.13. The number of carbonyl (C=O) groups excluding carboxylic acids is 2. The lowest BCUT2D eigenvalue weighted by Crippen LogP contribution is -2.22. The summed E-state index contributed by atoms with van der Waals surface area (Å²) in [6.45, 7) is 5.43. The highest BCUT2D eigenvalue weighted by Gasteiger charge is 2.16. The van der Waals surface area contributed by atoms with Crippen LogP contribution in [-0.4, -0.2) is 21.9 Å². The van der Waals surface area contributed by atoms with Gasteiger partial charge in [-0.25, -0.2) is 4.98 Å². The first kappa shape index (κ1) is 18.1. The molecule has 1 heterocycles. The molecule has 1 atom stereocenters. The molecule has 0 spiro atoms. The predicted molar refractivity (Wildman–Crippen MR) is 107 cm³/mol. The summed E-state index contributed by atoms with van der Waals surface area (Å²) in [5.74, 6) is -0.0947. The van der Waals surface area contributed by atoms with Gasteiger partial charge in [0.25, 0.3) is 0 Å². The quantitative estimate of drug-likeness (QED) is 0.518. The van der Waals surface area contributed by atoms with E-state index in [1.165, 1.54) is 18.7 Å². The summed E-state index contributed by atoms with van der Waals surface area (Å²) in [4.78, 5) is 28.4. The van der Waals surface area contributed by atoms with Crippen LogP contribution in [0, 0.1) is 6.92 Å². The first-order valence-corrected chi connectivity index (χ1v) is 9.27. The third kappa shape index (κ3) is 4.11. The van der Waals surface area contributed by atoms with Gasteiger partial charge in [0.2, 0.25) is 5.91 Å². The Hall–Kier alpha value is -2.66. The van der Waals surface area contributed by atoms with Gasteiger partial charge in [-0.15, -0.1) is 0 Å². The first-order chi connectivity index (χ1) is 12.4. The van der Waals surface area contributed by atoms with E-state index < -0.39 is 0 Å². The van der Waals surface area contributed by atoms with E-state index in [0.717, 1.165) is 21.5 Å². The van der Waals surface area contributed by atoms with E-state index in [1.807, 2.05) is 37.3 Å². The minimum Gasteiger partial charge on any atom is -0.325 e. The second-order valence-electron chi connectivity index (χ2n) is 6.18. The topological polar surface area (TPSA) is 59.1 Å². The zero-order valence-electron chi connectivity index (χ0n) is 14.9. The summed E-state index contributed by atoms with van der Waals surface area (Å²) in [6.07, 6.45) is 0. The highest BCUT2D eigenvalue weighted by atomic mass is 32.2. The van der Waals surface area contributed by atoms with Crippen LogP contribution >= 0.6 is 11.8 Å². The molecule has 0 aliphatic heterocycles. The molecular weight excluding hydrogens is 344 g/mol. The maximum Gasteiger partial charge on any atom is 0.237 e. The number of ketones is 1. The van der Waals surface area contributed by atoms with Crippen LogP contribution in [-0.2, 0) is 4.79 Å². The van der Waals surface area contributed by atoms with Crippen LogP contribution in [0.15, 0.2) is 59.6 Å². The number of aryl methyl sites for hydroxylation is 1. The SMILES string of the molecule is CC(=O)c1ccc(NC(=O)[C@@H](C)Sc2cc(C)c3ccccc3n2)cc1. The highest BCUT2D eigenvalue weighted by Crippen LogP contribution is 2.27. The zero-order chi connectivity index (χ0) is 18.7. The highest BCUT2D eigenvalue weighted by molar-refractivity contribution is 8.00. The lowest BCUT2D eigenvalue weighted by atomic mass is 10.1. The van der Waals surface area contributed by atoms with E-state index in [0.29, 0.717) is 11.3 Å². The molecule has 0 unspecified atom stereocenters. The summed E-state index contributed by atoms with van der Waals surface area (Å²) >= 11 is 1.43. The van der Waals surface area contributed by atoms with Gasteiger partial charge in [0.15, 0.2) is 5.78 Å².